The maximum absolute atomic E-state index is 11.6. The number of amides is 1. The van der Waals surface area contributed by atoms with E-state index < -0.39 is 0 Å². The Balaban J connectivity index is 2.41. The maximum atomic E-state index is 11.6. The maximum Gasteiger partial charge on any atom is 0.226 e. The monoisotopic (exact) mass is 195 g/mol. The molecule has 1 heterocycles. The minimum absolute atomic E-state index is 0.252. The summed E-state index contributed by atoms with van der Waals surface area (Å²) < 4.78 is 0. The molecule has 0 N–H and O–H groups in total. The average Bonchev–Trinajstić information content (AvgIpc) is 2.24. The standard InChI is InChI=1S/C12H21NO/c1-2-13-11-9-7-5-3-4-6-8-10-12(13)14/h2H,1,3-11H2. The normalized spacial score (nSPS) is 21.4. The van der Waals surface area contributed by atoms with Crippen molar-refractivity contribution in [2.45, 2.75) is 51.4 Å². The summed E-state index contributed by atoms with van der Waals surface area (Å²) in [6, 6.07) is 0. The highest BCUT2D eigenvalue weighted by Gasteiger charge is 2.10. The van der Waals surface area contributed by atoms with E-state index in [0.29, 0.717) is 6.42 Å². The third-order valence-corrected chi connectivity index (χ3v) is 2.83. The van der Waals surface area contributed by atoms with E-state index in [-0.39, 0.29) is 5.91 Å². The molecular weight excluding hydrogens is 174 g/mol. The molecule has 0 aromatic heterocycles. The molecule has 0 spiro atoms. The zero-order valence-corrected chi connectivity index (χ0v) is 9.00. The van der Waals surface area contributed by atoms with Gasteiger partial charge in [0.05, 0.1) is 0 Å². The zero-order valence-electron chi connectivity index (χ0n) is 9.00. The van der Waals surface area contributed by atoms with Gasteiger partial charge in [0.15, 0.2) is 0 Å². The summed E-state index contributed by atoms with van der Waals surface area (Å²) in [5, 5.41) is 0. The van der Waals surface area contributed by atoms with Gasteiger partial charge in [0, 0.05) is 13.0 Å². The topological polar surface area (TPSA) is 20.3 Å². The molecule has 0 aromatic rings. The van der Waals surface area contributed by atoms with Crippen molar-refractivity contribution < 1.29 is 4.79 Å². The van der Waals surface area contributed by atoms with Crippen LogP contribution in [0.4, 0.5) is 0 Å². The van der Waals surface area contributed by atoms with Gasteiger partial charge in [-0.2, -0.15) is 0 Å². The molecule has 1 aliphatic rings. The van der Waals surface area contributed by atoms with Crippen molar-refractivity contribution in [3.63, 3.8) is 0 Å². The third kappa shape index (κ3) is 3.95. The van der Waals surface area contributed by atoms with Gasteiger partial charge < -0.3 is 4.90 Å². The molecule has 1 fully saturated rings. The fourth-order valence-electron chi connectivity index (χ4n) is 1.90. The van der Waals surface area contributed by atoms with Gasteiger partial charge in [-0.05, 0) is 19.0 Å². The fourth-order valence-corrected chi connectivity index (χ4v) is 1.90. The van der Waals surface area contributed by atoms with E-state index in [4.69, 9.17) is 0 Å². The lowest BCUT2D eigenvalue weighted by Gasteiger charge is -2.17. The van der Waals surface area contributed by atoms with Crippen LogP contribution in [0.25, 0.3) is 0 Å². The Labute approximate surface area is 87.0 Å². The van der Waals surface area contributed by atoms with Crippen LogP contribution in [0.2, 0.25) is 0 Å². The predicted octanol–water partition coefficient (Wildman–Crippen LogP) is 3.09. The summed E-state index contributed by atoms with van der Waals surface area (Å²) in [4.78, 5) is 13.4. The van der Waals surface area contributed by atoms with Gasteiger partial charge in [-0.25, -0.2) is 0 Å². The first-order chi connectivity index (χ1) is 6.84. The van der Waals surface area contributed by atoms with E-state index in [9.17, 15) is 4.79 Å². The molecule has 1 rings (SSSR count). The molecule has 0 bridgehead atoms. The summed E-state index contributed by atoms with van der Waals surface area (Å²) in [6.45, 7) is 4.55. The highest BCUT2D eigenvalue weighted by atomic mass is 16.2. The predicted molar refractivity (Wildman–Crippen MR) is 58.8 cm³/mol. The van der Waals surface area contributed by atoms with Crippen molar-refractivity contribution in [3.05, 3.63) is 12.8 Å². The smallest absolute Gasteiger partial charge is 0.226 e. The number of nitrogens with zero attached hydrogens (tertiary/aromatic N) is 1. The number of rotatable bonds is 1. The minimum atomic E-state index is 0.252. The van der Waals surface area contributed by atoms with Crippen LogP contribution in [0.15, 0.2) is 12.8 Å². The molecule has 2 nitrogen and oxygen atoms in total. The van der Waals surface area contributed by atoms with Crippen molar-refractivity contribution in [2.75, 3.05) is 6.54 Å². The highest BCUT2D eigenvalue weighted by molar-refractivity contribution is 5.77. The quantitative estimate of drug-likeness (QED) is 0.629. The Morgan fingerprint density at radius 2 is 1.57 bits per heavy atom. The molecule has 1 saturated heterocycles. The third-order valence-electron chi connectivity index (χ3n) is 2.83. The Kier molecular flexibility index (Phi) is 5.35. The van der Waals surface area contributed by atoms with Gasteiger partial charge in [0.1, 0.15) is 0 Å². The molecule has 80 valence electrons. The Bertz CT molecular complexity index is 189. The van der Waals surface area contributed by atoms with E-state index in [2.05, 4.69) is 6.58 Å². The van der Waals surface area contributed by atoms with Crippen LogP contribution in [0.1, 0.15) is 51.4 Å². The van der Waals surface area contributed by atoms with Crippen LogP contribution < -0.4 is 0 Å². The average molecular weight is 195 g/mol. The summed E-state index contributed by atoms with van der Waals surface area (Å²) in [6.07, 6.45) is 10.9. The van der Waals surface area contributed by atoms with E-state index in [1.165, 1.54) is 32.1 Å². The molecule has 0 atom stereocenters. The number of carbonyl (C=O) groups excluding carboxylic acids is 1. The Morgan fingerprint density at radius 3 is 2.21 bits per heavy atom. The second kappa shape index (κ2) is 6.63. The van der Waals surface area contributed by atoms with Crippen molar-refractivity contribution >= 4 is 5.91 Å². The Morgan fingerprint density at radius 1 is 1.00 bits per heavy atom. The Hall–Kier alpha value is -0.790. The first-order valence-electron chi connectivity index (χ1n) is 5.76. The summed E-state index contributed by atoms with van der Waals surface area (Å²) in [5.41, 5.74) is 0. The van der Waals surface area contributed by atoms with E-state index >= 15 is 0 Å². The van der Waals surface area contributed by atoms with E-state index in [1.807, 2.05) is 0 Å². The minimum Gasteiger partial charge on any atom is -0.320 e. The molecule has 2 heteroatoms. The summed E-state index contributed by atoms with van der Waals surface area (Å²) in [5.74, 6) is 0.252. The van der Waals surface area contributed by atoms with Crippen LogP contribution in [-0.4, -0.2) is 17.4 Å². The number of carbonyl (C=O) groups is 1. The summed E-state index contributed by atoms with van der Waals surface area (Å²) in [7, 11) is 0. The lowest BCUT2D eigenvalue weighted by atomic mass is 10.1. The van der Waals surface area contributed by atoms with Gasteiger partial charge in [0.25, 0.3) is 0 Å². The lowest BCUT2D eigenvalue weighted by Crippen LogP contribution is -2.26. The van der Waals surface area contributed by atoms with Crippen LogP contribution in [0.5, 0.6) is 0 Å². The zero-order chi connectivity index (χ0) is 10.2. The van der Waals surface area contributed by atoms with Crippen molar-refractivity contribution in [1.82, 2.24) is 4.90 Å². The van der Waals surface area contributed by atoms with Gasteiger partial charge >= 0.3 is 0 Å². The number of hydrogen-bond donors (Lipinski definition) is 0. The second-order valence-electron chi connectivity index (χ2n) is 3.99. The molecule has 0 aliphatic carbocycles. The largest absolute Gasteiger partial charge is 0.320 e. The van der Waals surface area contributed by atoms with Crippen LogP contribution in [0.3, 0.4) is 0 Å². The van der Waals surface area contributed by atoms with E-state index in [1.54, 1.807) is 11.1 Å². The lowest BCUT2D eigenvalue weighted by molar-refractivity contribution is -0.128. The molecule has 1 aliphatic heterocycles. The van der Waals surface area contributed by atoms with Gasteiger partial charge in [-0.1, -0.05) is 38.7 Å². The molecule has 0 radical (unpaired) electrons. The molecule has 0 aromatic carbocycles. The first kappa shape index (κ1) is 11.3. The molecule has 1 amide bonds. The second-order valence-corrected chi connectivity index (χ2v) is 3.99. The molecular formula is C12H21NO. The highest BCUT2D eigenvalue weighted by Crippen LogP contribution is 2.12. The molecule has 14 heavy (non-hydrogen) atoms. The molecule has 0 saturated carbocycles. The van der Waals surface area contributed by atoms with Crippen LogP contribution in [0, 0.1) is 0 Å². The first-order valence-corrected chi connectivity index (χ1v) is 5.76. The van der Waals surface area contributed by atoms with Crippen molar-refractivity contribution in [2.24, 2.45) is 0 Å². The van der Waals surface area contributed by atoms with Gasteiger partial charge in [-0.15, -0.1) is 0 Å². The molecule has 0 unspecified atom stereocenters. The summed E-state index contributed by atoms with van der Waals surface area (Å²) >= 11 is 0. The van der Waals surface area contributed by atoms with Crippen molar-refractivity contribution in [1.29, 1.82) is 0 Å². The fraction of sp³-hybridized carbons (Fsp3) is 0.750. The van der Waals surface area contributed by atoms with Gasteiger partial charge in [0.2, 0.25) is 5.91 Å². The van der Waals surface area contributed by atoms with Crippen LogP contribution >= 0.6 is 0 Å². The van der Waals surface area contributed by atoms with Crippen LogP contribution in [-0.2, 0) is 4.79 Å². The SMILES string of the molecule is C=CN1CCCCCCCCCC1=O. The number of hydrogen-bond acceptors (Lipinski definition) is 1. The van der Waals surface area contributed by atoms with Gasteiger partial charge in [-0.3, -0.25) is 4.79 Å². The van der Waals surface area contributed by atoms with Crippen molar-refractivity contribution in [3.8, 4) is 0 Å². The van der Waals surface area contributed by atoms with E-state index in [0.717, 1.165) is 19.4 Å².